The molecule has 2 heterocycles. The first kappa shape index (κ1) is 43.4. The molecule has 0 atom stereocenters. The maximum Gasteiger partial charge on any atom is 0.255 e. The van der Waals surface area contributed by atoms with Gasteiger partial charge in [-0.15, -0.1) is 0 Å². The Morgan fingerprint density at radius 1 is 0.683 bits per heavy atom. The van der Waals surface area contributed by atoms with Crippen molar-refractivity contribution in [3.8, 4) is 22.9 Å². The molecular weight excluding hydrogens is 805 g/mol. The minimum atomic E-state index is -4.13. The predicted octanol–water partition coefficient (Wildman–Crippen LogP) is 7.34. The van der Waals surface area contributed by atoms with Crippen LogP contribution in [0.3, 0.4) is 0 Å². The lowest BCUT2D eigenvalue weighted by Crippen LogP contribution is -2.31. The van der Waals surface area contributed by atoms with Gasteiger partial charge in [0.1, 0.15) is 21.3 Å². The molecule has 6 aromatic rings. The van der Waals surface area contributed by atoms with Crippen LogP contribution >= 0.6 is 0 Å². The van der Waals surface area contributed by atoms with Gasteiger partial charge in [-0.25, -0.2) is 16.8 Å². The maximum atomic E-state index is 14.0. The number of hydrogen-bond acceptors (Lipinski definition) is 8. The molecular formula is C44H48N6O8S2. The zero-order valence-electron chi connectivity index (χ0n) is 34.2. The molecule has 2 aromatic heterocycles. The first-order chi connectivity index (χ1) is 28.7. The van der Waals surface area contributed by atoms with Gasteiger partial charge in [0.2, 0.25) is 20.0 Å². The van der Waals surface area contributed by atoms with Gasteiger partial charge in [0.05, 0.1) is 13.7 Å². The minimum absolute atomic E-state index is 0.00147. The largest absolute Gasteiger partial charge is 0.495 e. The second-order valence-electron chi connectivity index (χ2n) is 13.8. The summed E-state index contributed by atoms with van der Waals surface area (Å²) >= 11 is 0. The average Bonchev–Trinajstić information content (AvgIpc) is 3.95. The molecule has 6 rings (SSSR count). The Morgan fingerprint density at radius 2 is 1.27 bits per heavy atom. The molecule has 0 aliphatic rings. The fraction of sp³-hybridized carbons (Fsp3) is 0.227. The highest BCUT2D eigenvalue weighted by Gasteiger charge is 2.28. The molecule has 0 spiro atoms. The van der Waals surface area contributed by atoms with Gasteiger partial charge in [-0.2, -0.15) is 8.61 Å². The minimum Gasteiger partial charge on any atom is -0.495 e. The van der Waals surface area contributed by atoms with E-state index in [2.05, 4.69) is 10.6 Å². The van der Waals surface area contributed by atoms with Crippen LogP contribution in [0.1, 0.15) is 52.6 Å². The number of sulfonamides is 2. The highest BCUT2D eigenvalue weighted by Crippen LogP contribution is 2.32. The van der Waals surface area contributed by atoms with E-state index in [9.17, 15) is 26.4 Å². The van der Waals surface area contributed by atoms with Crippen LogP contribution in [0.15, 0.2) is 132 Å². The zero-order valence-corrected chi connectivity index (χ0v) is 35.9. The summed E-state index contributed by atoms with van der Waals surface area (Å²) in [5.74, 6) is -0.542. The Balaban J connectivity index is 1.17. The Hall–Kier alpha value is -6.20. The van der Waals surface area contributed by atoms with E-state index in [4.69, 9.17) is 9.47 Å². The third kappa shape index (κ3) is 9.31. The van der Waals surface area contributed by atoms with E-state index in [1.54, 1.807) is 86.3 Å². The van der Waals surface area contributed by atoms with Crippen molar-refractivity contribution in [1.29, 1.82) is 0 Å². The fourth-order valence-electron chi connectivity index (χ4n) is 6.64. The first-order valence-electron chi connectivity index (χ1n) is 19.3. The number of aryl methyl sites for hydroxylation is 1. The van der Waals surface area contributed by atoms with Gasteiger partial charge in [-0.05, 0) is 116 Å². The van der Waals surface area contributed by atoms with Crippen molar-refractivity contribution < 1.29 is 35.9 Å². The van der Waals surface area contributed by atoms with Crippen LogP contribution in [0.4, 0.5) is 11.4 Å². The maximum absolute atomic E-state index is 14.0. The SMILES string of the molecule is CCOc1ccc(NC(=O)c2ccc(C)c(-n3ccc(CN(C)S(=O)(=O)c4cc(NC(=O)c5ccc(-n6cccc6)cc5)ccc4OC)c3)c2)cc1S(=O)(=O)N(CC)CC. The average molecular weight is 853 g/mol. The van der Waals surface area contributed by atoms with Crippen molar-refractivity contribution in [1.82, 2.24) is 17.7 Å². The van der Waals surface area contributed by atoms with Gasteiger partial charge in [-0.3, -0.25) is 9.59 Å². The number of nitrogens with zero attached hydrogens (tertiary/aromatic N) is 4. The van der Waals surface area contributed by atoms with Gasteiger partial charge in [0.25, 0.3) is 11.8 Å². The highest BCUT2D eigenvalue weighted by atomic mass is 32.2. The van der Waals surface area contributed by atoms with Crippen LogP contribution in [0.5, 0.6) is 11.5 Å². The Labute approximate surface area is 351 Å². The van der Waals surface area contributed by atoms with Crippen LogP contribution in [-0.2, 0) is 26.6 Å². The van der Waals surface area contributed by atoms with Crippen LogP contribution in [0, 0.1) is 6.92 Å². The molecule has 0 radical (unpaired) electrons. The Kier molecular flexibility index (Phi) is 13.3. The number of amides is 2. The number of anilines is 2. The monoisotopic (exact) mass is 852 g/mol. The van der Waals surface area contributed by atoms with E-state index in [0.717, 1.165) is 11.3 Å². The third-order valence-electron chi connectivity index (χ3n) is 9.88. The summed E-state index contributed by atoms with van der Waals surface area (Å²) in [4.78, 5) is 26.6. The molecule has 2 N–H and O–H groups in total. The standard InChI is InChI=1S/C44H48N6O8S2/c1-7-50(8-2)60(55,56)42-28-36(17-21-40(42)58-9-3)46-44(52)34-13-12-31(4)38(26-34)49-25-22-32(30-49)29-47(5)59(53,54)41-27-35(16-20-39(41)57-6)45-43(51)33-14-18-37(19-15-33)48-23-10-11-24-48/h10-28,30H,7-9,29H2,1-6H3,(H,45,51)(H,46,52). The topological polar surface area (TPSA) is 161 Å². The van der Waals surface area contributed by atoms with Crippen molar-refractivity contribution in [2.45, 2.75) is 44.0 Å². The first-order valence-corrected chi connectivity index (χ1v) is 22.1. The number of hydrogen-bond donors (Lipinski definition) is 2. The Morgan fingerprint density at radius 3 is 1.87 bits per heavy atom. The van der Waals surface area contributed by atoms with Crippen molar-refractivity contribution in [3.63, 3.8) is 0 Å². The van der Waals surface area contributed by atoms with Crippen LogP contribution in [0.2, 0.25) is 0 Å². The number of nitrogens with one attached hydrogen (secondary N) is 2. The van der Waals surface area contributed by atoms with E-state index >= 15 is 0 Å². The fourth-order valence-corrected chi connectivity index (χ4v) is 9.59. The van der Waals surface area contributed by atoms with Crippen LogP contribution in [0.25, 0.3) is 11.4 Å². The van der Waals surface area contributed by atoms with Crippen molar-refractivity contribution in [3.05, 3.63) is 144 Å². The Bertz CT molecular complexity index is 2710. The van der Waals surface area contributed by atoms with Gasteiger partial charge >= 0.3 is 0 Å². The van der Waals surface area contributed by atoms with Crippen LogP contribution < -0.4 is 20.1 Å². The summed E-state index contributed by atoms with van der Waals surface area (Å²) < 4.78 is 72.2. The summed E-state index contributed by atoms with van der Waals surface area (Å²) in [7, 11) is -5.18. The zero-order chi connectivity index (χ0) is 43.2. The van der Waals surface area contributed by atoms with Gasteiger partial charge in [0, 0.05) is 85.3 Å². The van der Waals surface area contributed by atoms with E-state index < -0.39 is 31.9 Å². The molecule has 4 aromatic carbocycles. The van der Waals surface area contributed by atoms with Crippen molar-refractivity contribution in [2.24, 2.45) is 0 Å². The van der Waals surface area contributed by atoms with E-state index in [1.807, 2.05) is 48.1 Å². The second kappa shape index (κ2) is 18.4. The number of benzene rings is 4. The number of methoxy groups -OCH3 is 1. The summed E-state index contributed by atoms with van der Waals surface area (Å²) in [5.41, 5.74) is 4.37. The number of ether oxygens (including phenoxy) is 2. The number of rotatable bonds is 17. The van der Waals surface area contributed by atoms with Crippen molar-refractivity contribution in [2.75, 3.05) is 44.5 Å². The summed E-state index contributed by atoms with van der Waals surface area (Å²) in [5, 5.41) is 5.61. The molecule has 16 heteroatoms. The van der Waals surface area contributed by atoms with Gasteiger partial charge in [-0.1, -0.05) is 19.9 Å². The smallest absolute Gasteiger partial charge is 0.255 e. The third-order valence-corrected chi connectivity index (χ3v) is 13.8. The molecule has 60 heavy (non-hydrogen) atoms. The van der Waals surface area contributed by atoms with Crippen LogP contribution in [-0.4, -0.2) is 80.2 Å². The molecule has 0 saturated heterocycles. The summed E-state index contributed by atoms with van der Waals surface area (Å²) in [6, 6.07) is 26.8. The molecule has 0 fully saturated rings. The number of carbonyl (C=O) groups excluding carboxylic acids is 2. The van der Waals surface area contributed by atoms with E-state index in [1.165, 1.54) is 47.0 Å². The second-order valence-corrected chi connectivity index (χ2v) is 17.7. The molecule has 0 aliphatic heterocycles. The molecule has 0 aliphatic carbocycles. The number of aromatic nitrogens is 2. The summed E-state index contributed by atoms with van der Waals surface area (Å²) in [6.45, 7) is 7.98. The lowest BCUT2D eigenvalue weighted by molar-refractivity contribution is 0.101. The quantitative estimate of drug-likeness (QED) is 0.0964. The van der Waals surface area contributed by atoms with E-state index in [-0.39, 0.29) is 58.9 Å². The van der Waals surface area contributed by atoms with Gasteiger partial charge < -0.3 is 29.2 Å². The molecule has 14 nitrogen and oxygen atoms in total. The predicted molar refractivity (Wildman–Crippen MR) is 232 cm³/mol. The lowest BCUT2D eigenvalue weighted by Gasteiger charge is -2.21. The van der Waals surface area contributed by atoms with E-state index in [0.29, 0.717) is 22.4 Å². The molecule has 314 valence electrons. The molecule has 0 saturated carbocycles. The summed E-state index contributed by atoms with van der Waals surface area (Å²) in [6.07, 6.45) is 7.36. The lowest BCUT2D eigenvalue weighted by atomic mass is 10.1. The highest BCUT2D eigenvalue weighted by molar-refractivity contribution is 7.89. The normalized spacial score (nSPS) is 11.8. The number of carbonyl (C=O) groups is 2. The van der Waals surface area contributed by atoms with Gasteiger partial charge in [0.15, 0.2) is 0 Å². The van der Waals surface area contributed by atoms with Crippen molar-refractivity contribution >= 4 is 43.2 Å². The molecule has 0 unspecified atom stereocenters. The molecule has 2 amide bonds. The molecule has 0 bridgehead atoms.